The van der Waals surface area contributed by atoms with E-state index in [0.29, 0.717) is 0 Å². The van der Waals surface area contributed by atoms with E-state index in [1.807, 2.05) is 0 Å². The van der Waals surface area contributed by atoms with E-state index >= 15 is 0 Å². The van der Waals surface area contributed by atoms with Gasteiger partial charge < -0.3 is 4.90 Å². The van der Waals surface area contributed by atoms with Crippen molar-refractivity contribution in [2.75, 3.05) is 4.90 Å². The van der Waals surface area contributed by atoms with Crippen LogP contribution in [0.5, 0.6) is 0 Å². The SMILES string of the molecule is c1ccc(-c2cccc(-c3ccc(N(c4ccc(-c5cccc(-c6cccc7ccccc67)c5)cc4)c4cc(-c5ccccc5)cc(-c5ccccc5)c4)cc3)c2)cc1. The van der Waals surface area contributed by atoms with Crippen molar-refractivity contribution in [3.8, 4) is 66.8 Å². The van der Waals surface area contributed by atoms with Crippen LogP contribution in [0, 0.1) is 0 Å². The lowest BCUT2D eigenvalue weighted by atomic mass is 9.95. The molecule has 0 aliphatic heterocycles. The molecule has 278 valence electrons. The molecular weight excluding hydrogens is 711 g/mol. The molecule has 10 rings (SSSR count). The molecule has 0 atom stereocenters. The molecular formula is C58H41N. The van der Waals surface area contributed by atoms with Gasteiger partial charge >= 0.3 is 0 Å². The van der Waals surface area contributed by atoms with Crippen molar-refractivity contribution in [2.24, 2.45) is 0 Å². The highest BCUT2D eigenvalue weighted by Crippen LogP contribution is 2.41. The Labute approximate surface area is 346 Å². The van der Waals surface area contributed by atoms with Crippen molar-refractivity contribution in [1.82, 2.24) is 0 Å². The van der Waals surface area contributed by atoms with Gasteiger partial charge in [0.25, 0.3) is 0 Å². The molecule has 0 unspecified atom stereocenters. The van der Waals surface area contributed by atoms with Crippen LogP contribution in [-0.2, 0) is 0 Å². The monoisotopic (exact) mass is 751 g/mol. The zero-order valence-electron chi connectivity index (χ0n) is 32.6. The van der Waals surface area contributed by atoms with Crippen molar-refractivity contribution in [1.29, 1.82) is 0 Å². The quantitative estimate of drug-likeness (QED) is 0.142. The van der Waals surface area contributed by atoms with Crippen molar-refractivity contribution >= 4 is 27.8 Å². The van der Waals surface area contributed by atoms with Crippen LogP contribution < -0.4 is 4.90 Å². The Morgan fingerprint density at radius 3 is 1.08 bits per heavy atom. The summed E-state index contributed by atoms with van der Waals surface area (Å²) >= 11 is 0. The van der Waals surface area contributed by atoms with E-state index in [2.05, 4.69) is 254 Å². The van der Waals surface area contributed by atoms with Crippen molar-refractivity contribution in [3.63, 3.8) is 0 Å². The van der Waals surface area contributed by atoms with E-state index in [9.17, 15) is 0 Å². The first-order valence-corrected chi connectivity index (χ1v) is 20.2. The van der Waals surface area contributed by atoms with Gasteiger partial charge in [-0.3, -0.25) is 0 Å². The number of anilines is 3. The second kappa shape index (κ2) is 16.0. The Morgan fingerprint density at radius 1 is 0.203 bits per heavy atom. The summed E-state index contributed by atoms with van der Waals surface area (Å²) < 4.78 is 0. The summed E-state index contributed by atoms with van der Waals surface area (Å²) in [7, 11) is 0. The minimum absolute atomic E-state index is 1.09. The first-order valence-electron chi connectivity index (χ1n) is 20.2. The molecule has 0 saturated heterocycles. The number of hydrogen-bond acceptors (Lipinski definition) is 1. The van der Waals surface area contributed by atoms with E-state index in [1.54, 1.807) is 0 Å². The fourth-order valence-corrected chi connectivity index (χ4v) is 8.24. The van der Waals surface area contributed by atoms with Gasteiger partial charge in [-0.25, -0.2) is 0 Å². The zero-order chi connectivity index (χ0) is 39.4. The van der Waals surface area contributed by atoms with Crippen LogP contribution in [0.1, 0.15) is 0 Å². The standard InChI is InChI=1S/C58H41N/c1-4-15-42(16-5-1)48-23-12-24-49(37-48)45-29-33-54(34-30-45)59(56-40-52(43-17-6-2-7-18-43)39-53(41-56)44-19-8-3-9-20-44)55-35-31-46(32-36-55)50-25-13-26-51(38-50)58-28-14-22-47-21-10-11-27-57(47)58/h1-41H. The Balaban J connectivity index is 1.07. The Hall–Kier alpha value is -7.74. The lowest BCUT2D eigenvalue weighted by molar-refractivity contribution is 1.28. The lowest BCUT2D eigenvalue weighted by Crippen LogP contribution is -2.10. The Morgan fingerprint density at radius 2 is 0.559 bits per heavy atom. The molecule has 10 aromatic rings. The van der Waals surface area contributed by atoms with Crippen molar-refractivity contribution in [2.45, 2.75) is 0 Å². The smallest absolute Gasteiger partial charge is 0.0473 e. The maximum Gasteiger partial charge on any atom is 0.0473 e. The fourth-order valence-electron chi connectivity index (χ4n) is 8.24. The Bertz CT molecular complexity index is 2940. The van der Waals surface area contributed by atoms with Gasteiger partial charge in [-0.05, 0) is 132 Å². The number of rotatable bonds is 9. The van der Waals surface area contributed by atoms with E-state index < -0.39 is 0 Å². The average molecular weight is 752 g/mol. The van der Waals surface area contributed by atoms with E-state index in [0.717, 1.165) is 17.1 Å². The number of fused-ring (bicyclic) bond motifs is 1. The van der Waals surface area contributed by atoms with Gasteiger partial charge in [-0.15, -0.1) is 0 Å². The lowest BCUT2D eigenvalue weighted by Gasteiger charge is -2.27. The molecule has 59 heavy (non-hydrogen) atoms. The van der Waals surface area contributed by atoms with Crippen LogP contribution in [0.25, 0.3) is 77.5 Å². The summed E-state index contributed by atoms with van der Waals surface area (Å²) in [6.45, 7) is 0. The molecule has 0 fully saturated rings. The summed E-state index contributed by atoms with van der Waals surface area (Å²) in [6, 6.07) is 89.8. The summed E-state index contributed by atoms with van der Waals surface area (Å²) in [5.74, 6) is 0. The zero-order valence-corrected chi connectivity index (χ0v) is 32.6. The van der Waals surface area contributed by atoms with Gasteiger partial charge in [0.1, 0.15) is 0 Å². The van der Waals surface area contributed by atoms with Crippen LogP contribution in [0.15, 0.2) is 249 Å². The summed E-state index contributed by atoms with van der Waals surface area (Å²) in [5, 5.41) is 2.51. The molecule has 0 aliphatic rings. The van der Waals surface area contributed by atoms with Gasteiger partial charge in [0, 0.05) is 17.1 Å². The van der Waals surface area contributed by atoms with E-state index in [1.165, 1.54) is 77.5 Å². The molecule has 0 heterocycles. The third-order valence-corrected chi connectivity index (χ3v) is 11.2. The second-order valence-corrected chi connectivity index (χ2v) is 15.0. The van der Waals surface area contributed by atoms with Gasteiger partial charge in [0.15, 0.2) is 0 Å². The summed E-state index contributed by atoms with van der Waals surface area (Å²) in [5.41, 5.74) is 17.6. The second-order valence-electron chi connectivity index (χ2n) is 15.0. The molecule has 0 spiro atoms. The number of hydrogen-bond donors (Lipinski definition) is 0. The predicted octanol–water partition coefficient (Wildman–Crippen LogP) is 16.3. The van der Waals surface area contributed by atoms with Gasteiger partial charge in [0.2, 0.25) is 0 Å². The third kappa shape index (κ3) is 7.46. The highest BCUT2D eigenvalue weighted by Gasteiger charge is 2.17. The topological polar surface area (TPSA) is 3.24 Å². The van der Waals surface area contributed by atoms with E-state index in [4.69, 9.17) is 0 Å². The fraction of sp³-hybridized carbons (Fsp3) is 0. The molecule has 0 bridgehead atoms. The molecule has 0 aromatic heterocycles. The summed E-state index contributed by atoms with van der Waals surface area (Å²) in [6.07, 6.45) is 0. The molecule has 0 N–H and O–H groups in total. The van der Waals surface area contributed by atoms with Crippen LogP contribution in [-0.4, -0.2) is 0 Å². The van der Waals surface area contributed by atoms with Crippen LogP contribution in [0.3, 0.4) is 0 Å². The number of benzene rings is 10. The molecule has 0 amide bonds. The average Bonchev–Trinajstić information content (AvgIpc) is 3.33. The molecule has 10 aromatic carbocycles. The van der Waals surface area contributed by atoms with Gasteiger partial charge in [-0.1, -0.05) is 194 Å². The third-order valence-electron chi connectivity index (χ3n) is 11.2. The van der Waals surface area contributed by atoms with Crippen molar-refractivity contribution in [3.05, 3.63) is 249 Å². The van der Waals surface area contributed by atoms with Crippen LogP contribution >= 0.6 is 0 Å². The highest BCUT2D eigenvalue weighted by molar-refractivity contribution is 5.97. The maximum absolute atomic E-state index is 2.39. The molecule has 0 aliphatic carbocycles. The van der Waals surface area contributed by atoms with Gasteiger partial charge in [-0.2, -0.15) is 0 Å². The van der Waals surface area contributed by atoms with Crippen molar-refractivity contribution < 1.29 is 0 Å². The first-order chi connectivity index (χ1) is 29.2. The largest absolute Gasteiger partial charge is 0.310 e. The van der Waals surface area contributed by atoms with E-state index in [-0.39, 0.29) is 0 Å². The first kappa shape index (κ1) is 35.7. The normalized spacial score (nSPS) is 11.1. The minimum atomic E-state index is 1.09. The molecule has 1 heteroatoms. The number of nitrogens with zero attached hydrogens (tertiary/aromatic N) is 1. The molecule has 0 saturated carbocycles. The molecule has 0 radical (unpaired) electrons. The minimum Gasteiger partial charge on any atom is -0.310 e. The van der Waals surface area contributed by atoms with Crippen LogP contribution in [0.2, 0.25) is 0 Å². The Kier molecular flexibility index (Phi) is 9.68. The maximum atomic E-state index is 2.39. The highest BCUT2D eigenvalue weighted by atomic mass is 15.1. The van der Waals surface area contributed by atoms with Gasteiger partial charge in [0.05, 0.1) is 0 Å². The summed E-state index contributed by atoms with van der Waals surface area (Å²) in [4.78, 5) is 2.39. The van der Waals surface area contributed by atoms with Crippen LogP contribution in [0.4, 0.5) is 17.1 Å². The molecule has 1 nitrogen and oxygen atoms in total. The predicted molar refractivity (Wildman–Crippen MR) is 251 cm³/mol.